The normalized spacial score (nSPS) is 9.67. The van der Waals surface area contributed by atoms with Crippen LogP contribution < -0.4 is 5.19 Å². The molecule has 0 aliphatic carbocycles. The van der Waals surface area contributed by atoms with Gasteiger partial charge in [-0.3, -0.25) is 0 Å². The highest BCUT2D eigenvalue weighted by molar-refractivity contribution is 6.60. The molecular formula is C7H7NSi. The van der Waals surface area contributed by atoms with Crippen LogP contribution in [0.15, 0.2) is 30.3 Å². The topological polar surface area (TPSA) is 23.8 Å². The number of rotatable bonds is 1. The summed E-state index contributed by atoms with van der Waals surface area (Å²) in [6.45, 7) is 0. The summed E-state index contributed by atoms with van der Waals surface area (Å²) in [5, 5.41) is 9.55. The molecule has 1 nitrogen and oxygen atoms in total. The number of nitrogens with zero attached hydrogens (tertiary/aromatic N) is 1. The summed E-state index contributed by atoms with van der Waals surface area (Å²) in [6, 6.07) is 9.93. The van der Waals surface area contributed by atoms with Crippen molar-refractivity contribution in [3.63, 3.8) is 0 Å². The van der Waals surface area contributed by atoms with E-state index in [-0.39, 0.29) is 0 Å². The molecule has 0 saturated heterocycles. The molecule has 0 aliphatic heterocycles. The van der Waals surface area contributed by atoms with Crippen LogP contribution in [-0.2, 0) is 0 Å². The molecule has 0 amide bonds. The van der Waals surface area contributed by atoms with Crippen molar-refractivity contribution in [3.05, 3.63) is 30.3 Å². The molecule has 44 valence electrons. The van der Waals surface area contributed by atoms with Gasteiger partial charge in [-0.05, 0) is 5.19 Å². The second-order valence-corrected chi connectivity index (χ2v) is 3.31. The molecule has 0 radical (unpaired) electrons. The molecule has 0 N–H and O–H groups in total. The van der Waals surface area contributed by atoms with Gasteiger partial charge in [0.15, 0.2) is 9.52 Å². The molecule has 0 aliphatic rings. The summed E-state index contributed by atoms with van der Waals surface area (Å²) in [5.41, 5.74) is 2.22. The third-order valence-corrected chi connectivity index (χ3v) is 2.16. The number of benzene rings is 1. The number of hydrogen-bond acceptors (Lipinski definition) is 1. The van der Waals surface area contributed by atoms with E-state index in [1.165, 1.54) is 5.19 Å². The second kappa shape index (κ2) is 3.05. The van der Waals surface area contributed by atoms with Crippen LogP contribution in [0.2, 0.25) is 0 Å². The van der Waals surface area contributed by atoms with Gasteiger partial charge in [0.25, 0.3) is 0 Å². The van der Waals surface area contributed by atoms with Crippen LogP contribution in [0.1, 0.15) is 0 Å². The Morgan fingerprint density at radius 3 is 2.44 bits per heavy atom. The highest BCUT2D eigenvalue weighted by Crippen LogP contribution is 1.79. The molecule has 0 fully saturated rings. The molecule has 0 saturated carbocycles. The molecule has 1 aromatic carbocycles. The van der Waals surface area contributed by atoms with Crippen molar-refractivity contribution >= 4 is 14.7 Å². The zero-order valence-electron chi connectivity index (χ0n) is 5.04. The lowest BCUT2D eigenvalue weighted by atomic mass is 10.4. The van der Waals surface area contributed by atoms with Gasteiger partial charge >= 0.3 is 0 Å². The van der Waals surface area contributed by atoms with Gasteiger partial charge in [0.2, 0.25) is 0 Å². The lowest BCUT2D eigenvalue weighted by Gasteiger charge is -1.87. The standard InChI is InChI=1S/C7H7NSi/c8-6-9-7-4-2-1-3-5-7/h1-5H,9H2. The van der Waals surface area contributed by atoms with E-state index in [9.17, 15) is 0 Å². The first-order valence-electron chi connectivity index (χ1n) is 2.84. The van der Waals surface area contributed by atoms with Crippen molar-refractivity contribution in [3.8, 4) is 5.69 Å². The molecule has 1 rings (SSSR count). The monoisotopic (exact) mass is 133 g/mol. The fourth-order valence-corrected chi connectivity index (χ4v) is 1.38. The predicted octanol–water partition coefficient (Wildman–Crippen LogP) is -0.0382. The molecule has 0 atom stereocenters. The summed E-state index contributed by atoms with van der Waals surface area (Å²) < 4.78 is 0. The quantitative estimate of drug-likeness (QED) is 0.493. The summed E-state index contributed by atoms with van der Waals surface area (Å²) in [4.78, 5) is 0. The lowest BCUT2D eigenvalue weighted by molar-refractivity contribution is 1.56. The van der Waals surface area contributed by atoms with E-state index in [2.05, 4.69) is 5.69 Å². The Labute approximate surface area is 56.8 Å². The van der Waals surface area contributed by atoms with Crippen LogP contribution in [0.4, 0.5) is 0 Å². The van der Waals surface area contributed by atoms with E-state index in [1.807, 2.05) is 30.3 Å². The summed E-state index contributed by atoms with van der Waals surface area (Å²) in [5.74, 6) is 0. The van der Waals surface area contributed by atoms with Gasteiger partial charge in [-0.25, -0.2) is 5.26 Å². The maximum absolute atomic E-state index is 8.33. The number of hydrogen-bond donors (Lipinski definition) is 0. The van der Waals surface area contributed by atoms with E-state index in [1.54, 1.807) is 0 Å². The van der Waals surface area contributed by atoms with Crippen molar-refractivity contribution < 1.29 is 0 Å². The predicted molar refractivity (Wildman–Crippen MR) is 40.2 cm³/mol. The molecule has 1 aromatic rings. The third-order valence-electron chi connectivity index (χ3n) is 1.13. The van der Waals surface area contributed by atoms with Gasteiger partial charge in [-0.2, -0.15) is 0 Å². The van der Waals surface area contributed by atoms with Crippen LogP contribution in [-0.4, -0.2) is 9.52 Å². The highest BCUT2D eigenvalue weighted by Gasteiger charge is 1.86. The van der Waals surface area contributed by atoms with Crippen LogP contribution in [0, 0.1) is 11.0 Å². The minimum Gasteiger partial charge on any atom is -0.207 e. The maximum atomic E-state index is 8.33. The third kappa shape index (κ3) is 1.71. The van der Waals surface area contributed by atoms with Crippen molar-refractivity contribution in [2.45, 2.75) is 0 Å². The summed E-state index contributed by atoms with van der Waals surface area (Å²) in [6.07, 6.45) is 0. The van der Waals surface area contributed by atoms with E-state index in [0.717, 1.165) is 0 Å². The minimum absolute atomic E-state index is 0.595. The highest BCUT2D eigenvalue weighted by atomic mass is 28.2. The molecule has 9 heavy (non-hydrogen) atoms. The first kappa shape index (κ1) is 6.05. The van der Waals surface area contributed by atoms with Gasteiger partial charge in [0, 0.05) is 5.69 Å². The second-order valence-electron chi connectivity index (χ2n) is 1.82. The Bertz CT molecular complexity index is 212. The fraction of sp³-hybridized carbons (Fsp3) is 0. The minimum atomic E-state index is -0.595. The summed E-state index contributed by atoms with van der Waals surface area (Å²) >= 11 is 0. The smallest absolute Gasteiger partial charge is 0.173 e. The van der Waals surface area contributed by atoms with Gasteiger partial charge in [0.05, 0.1) is 0 Å². The van der Waals surface area contributed by atoms with Gasteiger partial charge < -0.3 is 0 Å². The van der Waals surface area contributed by atoms with Crippen LogP contribution in [0.25, 0.3) is 0 Å². The Morgan fingerprint density at radius 2 is 1.89 bits per heavy atom. The molecule has 0 heterocycles. The van der Waals surface area contributed by atoms with Crippen LogP contribution in [0.3, 0.4) is 0 Å². The Hall–Kier alpha value is -1.07. The fourth-order valence-electron chi connectivity index (χ4n) is 0.687. The van der Waals surface area contributed by atoms with E-state index < -0.39 is 9.52 Å². The average Bonchev–Trinajstić information content (AvgIpc) is 1.91. The zero-order valence-corrected chi connectivity index (χ0v) is 6.46. The van der Waals surface area contributed by atoms with E-state index >= 15 is 0 Å². The van der Waals surface area contributed by atoms with Crippen LogP contribution >= 0.6 is 0 Å². The Kier molecular flexibility index (Phi) is 2.05. The van der Waals surface area contributed by atoms with E-state index in [0.29, 0.717) is 0 Å². The molecule has 0 bridgehead atoms. The first-order chi connectivity index (χ1) is 4.43. The van der Waals surface area contributed by atoms with E-state index in [4.69, 9.17) is 5.26 Å². The van der Waals surface area contributed by atoms with Crippen molar-refractivity contribution in [2.24, 2.45) is 0 Å². The van der Waals surface area contributed by atoms with Crippen molar-refractivity contribution in [1.82, 2.24) is 0 Å². The SMILES string of the molecule is N#C[SiH2]c1ccccc1. The molecule has 2 heteroatoms. The van der Waals surface area contributed by atoms with Crippen LogP contribution in [0.5, 0.6) is 0 Å². The molecular weight excluding hydrogens is 126 g/mol. The van der Waals surface area contributed by atoms with Gasteiger partial charge in [-0.15, -0.1) is 0 Å². The van der Waals surface area contributed by atoms with Gasteiger partial charge in [-0.1, -0.05) is 30.3 Å². The first-order valence-corrected chi connectivity index (χ1v) is 4.26. The molecule has 0 unspecified atom stereocenters. The average molecular weight is 133 g/mol. The lowest BCUT2D eigenvalue weighted by Crippen LogP contribution is -2.10. The maximum Gasteiger partial charge on any atom is 0.173 e. The largest absolute Gasteiger partial charge is 0.207 e. The summed E-state index contributed by atoms with van der Waals surface area (Å²) in [7, 11) is -0.595. The van der Waals surface area contributed by atoms with Crippen molar-refractivity contribution in [1.29, 1.82) is 5.26 Å². The van der Waals surface area contributed by atoms with Crippen molar-refractivity contribution in [2.75, 3.05) is 0 Å². The molecule has 0 aromatic heterocycles. The number of nitriles is 1. The Balaban J connectivity index is 2.76. The molecule has 0 spiro atoms. The Morgan fingerprint density at radius 1 is 1.22 bits per heavy atom. The van der Waals surface area contributed by atoms with Gasteiger partial charge in [0.1, 0.15) is 0 Å². The zero-order chi connectivity index (χ0) is 6.53.